The summed E-state index contributed by atoms with van der Waals surface area (Å²) in [5.41, 5.74) is 0.678. The van der Waals surface area contributed by atoms with Crippen LogP contribution in [0.3, 0.4) is 0 Å². The molecule has 0 spiro atoms. The number of rotatable bonds is 6. The maximum Gasteiger partial charge on any atom is 0.328 e. The minimum absolute atomic E-state index is 0.385. The average molecular weight is 249 g/mol. The van der Waals surface area contributed by atoms with E-state index in [0.717, 1.165) is 18.9 Å². The minimum atomic E-state index is -0.979. The second-order valence-corrected chi connectivity index (χ2v) is 4.24. The van der Waals surface area contributed by atoms with Crippen LogP contribution in [0.5, 0.6) is 0 Å². The van der Waals surface area contributed by atoms with E-state index in [1.165, 1.54) is 6.08 Å². The number of carbonyl (C=O) groups is 1. The van der Waals surface area contributed by atoms with Crippen molar-refractivity contribution in [3.8, 4) is 0 Å². The van der Waals surface area contributed by atoms with Crippen LogP contribution in [0.4, 0.5) is 5.95 Å². The van der Waals surface area contributed by atoms with Crippen molar-refractivity contribution in [3.63, 3.8) is 0 Å². The minimum Gasteiger partial charge on any atom is -0.478 e. The van der Waals surface area contributed by atoms with Gasteiger partial charge in [0.2, 0.25) is 5.95 Å². The summed E-state index contributed by atoms with van der Waals surface area (Å²) in [7, 11) is 1.96. The summed E-state index contributed by atoms with van der Waals surface area (Å²) in [5, 5.41) is 8.51. The van der Waals surface area contributed by atoms with E-state index in [9.17, 15) is 4.79 Å². The maximum absolute atomic E-state index is 10.4. The van der Waals surface area contributed by atoms with Crippen molar-refractivity contribution in [1.82, 2.24) is 9.97 Å². The number of hydrogen-bond donors (Lipinski definition) is 1. The third kappa shape index (κ3) is 4.16. The molecule has 0 fully saturated rings. The van der Waals surface area contributed by atoms with Gasteiger partial charge < -0.3 is 10.0 Å². The van der Waals surface area contributed by atoms with E-state index in [4.69, 9.17) is 5.11 Å². The summed E-state index contributed by atoms with van der Waals surface area (Å²) in [6.07, 6.45) is 7.99. The molecule has 0 radical (unpaired) electrons. The Morgan fingerprint density at radius 3 is 2.61 bits per heavy atom. The Hall–Kier alpha value is -1.91. The Bertz CT molecular complexity index is 415. The van der Waals surface area contributed by atoms with Crippen LogP contribution in [0.15, 0.2) is 18.5 Å². The third-order valence-electron chi connectivity index (χ3n) is 2.76. The highest BCUT2D eigenvalue weighted by atomic mass is 16.4. The van der Waals surface area contributed by atoms with E-state index in [1.807, 2.05) is 11.9 Å². The predicted octanol–water partition coefficient (Wildman–Crippen LogP) is 2.20. The van der Waals surface area contributed by atoms with Crippen LogP contribution in [-0.4, -0.2) is 34.1 Å². The molecule has 0 bridgehead atoms. The number of carboxylic acids is 1. The molecule has 0 amide bonds. The molecule has 18 heavy (non-hydrogen) atoms. The first-order valence-electron chi connectivity index (χ1n) is 6.00. The number of aliphatic carboxylic acids is 1. The zero-order valence-corrected chi connectivity index (χ0v) is 11.0. The number of anilines is 1. The standard InChI is InChI=1S/C13H19N3O2/c1-4-5-10(2)16(3)13-14-8-11(9-15-13)6-7-12(17)18/h6-10H,4-5H2,1-3H3,(H,17,18)/b7-6+. The highest BCUT2D eigenvalue weighted by Crippen LogP contribution is 2.12. The Labute approximate surface area is 107 Å². The Morgan fingerprint density at radius 1 is 1.50 bits per heavy atom. The van der Waals surface area contributed by atoms with Gasteiger partial charge in [0.25, 0.3) is 0 Å². The molecular weight excluding hydrogens is 230 g/mol. The molecule has 1 aromatic rings. The molecule has 0 aliphatic rings. The fraction of sp³-hybridized carbons (Fsp3) is 0.462. The summed E-state index contributed by atoms with van der Waals surface area (Å²) in [6.45, 7) is 4.27. The van der Waals surface area contributed by atoms with Gasteiger partial charge in [-0.3, -0.25) is 0 Å². The molecule has 5 heteroatoms. The molecule has 0 saturated carbocycles. The van der Waals surface area contributed by atoms with Gasteiger partial charge in [-0.05, 0) is 19.4 Å². The highest BCUT2D eigenvalue weighted by Gasteiger charge is 2.10. The monoisotopic (exact) mass is 249 g/mol. The first kappa shape index (κ1) is 14.2. The van der Waals surface area contributed by atoms with Gasteiger partial charge in [-0.2, -0.15) is 0 Å². The lowest BCUT2D eigenvalue weighted by atomic mass is 10.2. The van der Waals surface area contributed by atoms with E-state index in [0.29, 0.717) is 17.6 Å². The Morgan fingerprint density at radius 2 is 2.11 bits per heavy atom. The van der Waals surface area contributed by atoms with Gasteiger partial charge in [-0.25, -0.2) is 14.8 Å². The summed E-state index contributed by atoms with van der Waals surface area (Å²) >= 11 is 0. The largest absolute Gasteiger partial charge is 0.478 e. The average Bonchev–Trinajstić information content (AvgIpc) is 2.36. The smallest absolute Gasteiger partial charge is 0.328 e. The van der Waals surface area contributed by atoms with Crippen molar-refractivity contribution in [3.05, 3.63) is 24.0 Å². The Kier molecular flexibility index (Phi) is 5.30. The van der Waals surface area contributed by atoms with Gasteiger partial charge in [0, 0.05) is 37.1 Å². The molecule has 1 rings (SSSR count). The molecule has 1 aromatic heterocycles. The lowest BCUT2D eigenvalue weighted by Crippen LogP contribution is -2.30. The van der Waals surface area contributed by atoms with Gasteiger partial charge in [-0.15, -0.1) is 0 Å². The van der Waals surface area contributed by atoms with Crippen molar-refractivity contribution in [2.45, 2.75) is 32.7 Å². The van der Waals surface area contributed by atoms with E-state index in [2.05, 4.69) is 23.8 Å². The molecule has 0 aliphatic carbocycles. The van der Waals surface area contributed by atoms with Crippen LogP contribution in [0.1, 0.15) is 32.3 Å². The lowest BCUT2D eigenvalue weighted by molar-refractivity contribution is -0.131. The molecule has 1 unspecified atom stereocenters. The SMILES string of the molecule is CCCC(C)N(C)c1ncc(/C=C/C(=O)O)cn1. The fourth-order valence-electron chi connectivity index (χ4n) is 1.58. The maximum atomic E-state index is 10.4. The number of nitrogens with zero attached hydrogens (tertiary/aromatic N) is 3. The predicted molar refractivity (Wildman–Crippen MR) is 71.5 cm³/mol. The molecule has 1 heterocycles. The van der Waals surface area contributed by atoms with Gasteiger partial charge in [0.05, 0.1) is 0 Å². The second kappa shape index (κ2) is 6.74. The topological polar surface area (TPSA) is 66.3 Å². The quantitative estimate of drug-likeness (QED) is 0.783. The van der Waals surface area contributed by atoms with Crippen LogP contribution in [0, 0.1) is 0 Å². The van der Waals surface area contributed by atoms with Crippen LogP contribution < -0.4 is 4.90 Å². The van der Waals surface area contributed by atoms with E-state index < -0.39 is 5.97 Å². The third-order valence-corrected chi connectivity index (χ3v) is 2.76. The number of aromatic nitrogens is 2. The zero-order valence-electron chi connectivity index (χ0n) is 11.0. The first-order chi connectivity index (χ1) is 8.54. The van der Waals surface area contributed by atoms with Crippen LogP contribution >= 0.6 is 0 Å². The molecule has 0 aromatic carbocycles. The molecule has 5 nitrogen and oxygen atoms in total. The van der Waals surface area contributed by atoms with E-state index >= 15 is 0 Å². The molecule has 1 N–H and O–H groups in total. The van der Waals surface area contributed by atoms with Crippen LogP contribution in [0.2, 0.25) is 0 Å². The normalized spacial score (nSPS) is 12.6. The first-order valence-corrected chi connectivity index (χ1v) is 6.00. The molecule has 0 aliphatic heterocycles. The van der Waals surface area contributed by atoms with Gasteiger partial charge in [0.15, 0.2) is 0 Å². The fourth-order valence-corrected chi connectivity index (χ4v) is 1.58. The van der Waals surface area contributed by atoms with Crippen LogP contribution in [0.25, 0.3) is 6.08 Å². The summed E-state index contributed by atoms with van der Waals surface area (Å²) in [5.74, 6) is -0.323. The lowest BCUT2D eigenvalue weighted by Gasteiger charge is -2.24. The zero-order chi connectivity index (χ0) is 13.5. The number of carboxylic acid groups (broad SMARTS) is 1. The van der Waals surface area contributed by atoms with Crippen molar-refractivity contribution >= 4 is 18.0 Å². The van der Waals surface area contributed by atoms with Crippen LogP contribution in [-0.2, 0) is 4.79 Å². The summed E-state index contributed by atoms with van der Waals surface area (Å²) in [4.78, 5) is 20.9. The molecule has 0 saturated heterocycles. The van der Waals surface area contributed by atoms with Crippen molar-refractivity contribution in [2.75, 3.05) is 11.9 Å². The Balaban J connectivity index is 2.73. The van der Waals surface area contributed by atoms with E-state index in [1.54, 1.807) is 12.4 Å². The summed E-state index contributed by atoms with van der Waals surface area (Å²) in [6, 6.07) is 0.385. The van der Waals surface area contributed by atoms with Gasteiger partial charge >= 0.3 is 5.97 Å². The summed E-state index contributed by atoms with van der Waals surface area (Å²) < 4.78 is 0. The van der Waals surface area contributed by atoms with Crippen molar-refractivity contribution in [1.29, 1.82) is 0 Å². The highest BCUT2D eigenvalue weighted by molar-refractivity contribution is 5.85. The van der Waals surface area contributed by atoms with Gasteiger partial charge in [-0.1, -0.05) is 13.3 Å². The van der Waals surface area contributed by atoms with Gasteiger partial charge in [0.1, 0.15) is 0 Å². The van der Waals surface area contributed by atoms with Crippen molar-refractivity contribution < 1.29 is 9.90 Å². The number of hydrogen-bond acceptors (Lipinski definition) is 4. The van der Waals surface area contributed by atoms with Crippen molar-refractivity contribution in [2.24, 2.45) is 0 Å². The molecular formula is C13H19N3O2. The molecule has 1 atom stereocenters. The molecule has 98 valence electrons. The second-order valence-electron chi connectivity index (χ2n) is 4.24. The van der Waals surface area contributed by atoms with E-state index in [-0.39, 0.29) is 0 Å².